The van der Waals surface area contributed by atoms with E-state index in [2.05, 4.69) is 9.73 Å². The zero-order valence-corrected chi connectivity index (χ0v) is 15.8. The van der Waals surface area contributed by atoms with Gasteiger partial charge in [0.15, 0.2) is 5.17 Å². The molecule has 134 valence electrons. The van der Waals surface area contributed by atoms with Gasteiger partial charge in [0.1, 0.15) is 5.82 Å². The van der Waals surface area contributed by atoms with Crippen molar-refractivity contribution in [1.82, 2.24) is 4.90 Å². The van der Waals surface area contributed by atoms with Gasteiger partial charge in [-0.1, -0.05) is 17.7 Å². The summed E-state index contributed by atoms with van der Waals surface area (Å²) in [4.78, 5) is 31.2. The van der Waals surface area contributed by atoms with Gasteiger partial charge in [0.25, 0.3) is 5.91 Å². The van der Waals surface area contributed by atoms with Crippen LogP contribution < -0.4 is 0 Å². The molecule has 0 aliphatic carbocycles. The van der Waals surface area contributed by atoms with E-state index in [-0.39, 0.29) is 15.8 Å². The number of benzene rings is 1. The number of ether oxygens (including phenoxy) is 1. The van der Waals surface area contributed by atoms with E-state index in [1.807, 2.05) is 17.5 Å². The highest BCUT2D eigenvalue weighted by Gasteiger charge is 2.34. The van der Waals surface area contributed by atoms with Gasteiger partial charge in [-0.15, -0.1) is 11.3 Å². The molecule has 2 aromatic rings. The molecular formula is C17H12ClFN2O3S2. The number of amidine groups is 1. The van der Waals surface area contributed by atoms with Crippen molar-refractivity contribution in [3.8, 4) is 0 Å². The molecule has 9 heteroatoms. The molecule has 1 saturated heterocycles. The lowest BCUT2D eigenvalue weighted by Crippen LogP contribution is -2.28. The Bertz CT molecular complexity index is 913. The minimum atomic E-state index is -0.622. The molecule has 3 rings (SSSR count). The molecule has 1 fully saturated rings. The highest BCUT2D eigenvalue weighted by molar-refractivity contribution is 8.18. The Morgan fingerprint density at radius 1 is 1.42 bits per heavy atom. The lowest BCUT2D eigenvalue weighted by molar-refractivity contribution is -0.135. The summed E-state index contributed by atoms with van der Waals surface area (Å²) in [7, 11) is 1.24. The summed E-state index contributed by atoms with van der Waals surface area (Å²) in [6.45, 7) is 0.315. The maximum Gasteiger partial charge on any atom is 0.331 e. The van der Waals surface area contributed by atoms with Crippen LogP contribution in [0.15, 0.2) is 51.7 Å². The molecule has 26 heavy (non-hydrogen) atoms. The quantitative estimate of drug-likeness (QED) is 0.555. The van der Waals surface area contributed by atoms with Crippen molar-refractivity contribution in [3.05, 3.63) is 62.4 Å². The summed E-state index contributed by atoms with van der Waals surface area (Å²) >= 11 is 8.35. The Kier molecular flexibility index (Phi) is 5.75. The van der Waals surface area contributed by atoms with Gasteiger partial charge in [0, 0.05) is 11.0 Å². The first-order valence-electron chi connectivity index (χ1n) is 7.33. The smallest absolute Gasteiger partial charge is 0.331 e. The number of hydrogen-bond acceptors (Lipinski definition) is 6. The number of hydrogen-bond donors (Lipinski definition) is 0. The Morgan fingerprint density at radius 3 is 2.88 bits per heavy atom. The van der Waals surface area contributed by atoms with E-state index in [0.29, 0.717) is 17.4 Å². The maximum absolute atomic E-state index is 13.3. The second-order valence-electron chi connectivity index (χ2n) is 5.10. The van der Waals surface area contributed by atoms with Crippen molar-refractivity contribution < 1.29 is 18.7 Å². The van der Waals surface area contributed by atoms with Crippen molar-refractivity contribution in [2.75, 3.05) is 7.11 Å². The molecule has 1 aromatic heterocycles. The highest BCUT2D eigenvalue weighted by atomic mass is 35.5. The standard InChI is InChI=1S/C17H12ClFN2O3S2/c1-24-15(22)8-14-16(23)21(9-11-3-2-6-25-11)17(26-14)20-10-4-5-13(19)12(18)7-10/h2-8H,9H2,1H3. The van der Waals surface area contributed by atoms with Crippen LogP contribution in [0.5, 0.6) is 0 Å². The topological polar surface area (TPSA) is 59.0 Å². The second kappa shape index (κ2) is 8.03. The monoisotopic (exact) mass is 410 g/mol. The van der Waals surface area contributed by atoms with Crippen LogP contribution in [0.3, 0.4) is 0 Å². The average Bonchev–Trinajstić information content (AvgIpc) is 3.22. The number of carbonyl (C=O) groups excluding carboxylic acids is 2. The van der Waals surface area contributed by atoms with Crippen LogP contribution in [0.4, 0.5) is 10.1 Å². The first kappa shape index (κ1) is 18.6. The Morgan fingerprint density at radius 2 is 2.23 bits per heavy atom. The molecular weight excluding hydrogens is 399 g/mol. The summed E-state index contributed by atoms with van der Waals surface area (Å²) in [6, 6.07) is 7.83. The normalized spacial score (nSPS) is 17.3. The third kappa shape index (κ3) is 4.14. The molecule has 0 bridgehead atoms. The minimum absolute atomic E-state index is 0.0590. The Hall–Kier alpha value is -2.16. The Labute approximate surface area is 162 Å². The number of thioether (sulfide) groups is 1. The average molecular weight is 411 g/mol. The lowest BCUT2D eigenvalue weighted by atomic mass is 10.3. The van der Waals surface area contributed by atoms with E-state index in [1.54, 1.807) is 0 Å². The number of carbonyl (C=O) groups is 2. The summed E-state index contributed by atoms with van der Waals surface area (Å²) in [5.74, 6) is -1.52. The minimum Gasteiger partial charge on any atom is -0.466 e. The summed E-state index contributed by atoms with van der Waals surface area (Å²) in [6.07, 6.45) is 1.13. The number of esters is 1. The number of thiophene rings is 1. The van der Waals surface area contributed by atoms with Crippen molar-refractivity contribution in [3.63, 3.8) is 0 Å². The van der Waals surface area contributed by atoms with Gasteiger partial charge < -0.3 is 4.74 Å². The number of amides is 1. The van der Waals surface area contributed by atoms with Gasteiger partial charge in [0.05, 0.1) is 29.3 Å². The molecule has 0 radical (unpaired) electrons. The second-order valence-corrected chi connectivity index (χ2v) is 7.55. The first-order valence-corrected chi connectivity index (χ1v) is 9.41. The molecule has 1 aromatic carbocycles. The Balaban J connectivity index is 1.97. The highest BCUT2D eigenvalue weighted by Crippen LogP contribution is 2.35. The van der Waals surface area contributed by atoms with Crippen molar-refractivity contribution in [2.45, 2.75) is 6.54 Å². The molecule has 1 amide bonds. The van der Waals surface area contributed by atoms with E-state index in [1.165, 1.54) is 41.5 Å². The van der Waals surface area contributed by atoms with Crippen LogP contribution in [-0.2, 0) is 20.9 Å². The third-order valence-electron chi connectivity index (χ3n) is 3.36. The number of halogens is 2. The van der Waals surface area contributed by atoms with E-state index in [0.717, 1.165) is 22.7 Å². The van der Waals surface area contributed by atoms with Crippen molar-refractivity contribution in [1.29, 1.82) is 0 Å². The third-order valence-corrected chi connectivity index (χ3v) is 5.52. The molecule has 1 aliphatic heterocycles. The van der Waals surface area contributed by atoms with Crippen LogP contribution >= 0.6 is 34.7 Å². The molecule has 2 heterocycles. The van der Waals surface area contributed by atoms with E-state index >= 15 is 0 Å². The zero-order chi connectivity index (χ0) is 18.7. The number of aliphatic imine (C=N–C) groups is 1. The fourth-order valence-electron chi connectivity index (χ4n) is 2.12. The maximum atomic E-state index is 13.3. The molecule has 5 nitrogen and oxygen atoms in total. The summed E-state index contributed by atoms with van der Waals surface area (Å²) in [5.41, 5.74) is 0.405. The number of rotatable bonds is 4. The SMILES string of the molecule is COC(=O)C=C1SC(=Nc2ccc(F)c(Cl)c2)N(Cc2cccs2)C1=O. The van der Waals surface area contributed by atoms with E-state index in [4.69, 9.17) is 11.6 Å². The van der Waals surface area contributed by atoms with Crippen LogP contribution in [0.2, 0.25) is 5.02 Å². The number of nitrogens with zero attached hydrogens (tertiary/aromatic N) is 2. The first-order chi connectivity index (χ1) is 12.5. The van der Waals surface area contributed by atoms with E-state index in [9.17, 15) is 14.0 Å². The van der Waals surface area contributed by atoms with Crippen LogP contribution in [0, 0.1) is 5.82 Å². The van der Waals surface area contributed by atoms with Crippen molar-refractivity contribution in [2.24, 2.45) is 4.99 Å². The predicted octanol–water partition coefficient (Wildman–Crippen LogP) is 4.36. The summed E-state index contributed by atoms with van der Waals surface area (Å²) in [5, 5.41) is 2.22. The zero-order valence-electron chi connectivity index (χ0n) is 13.4. The largest absolute Gasteiger partial charge is 0.466 e. The molecule has 0 atom stereocenters. The van der Waals surface area contributed by atoms with E-state index < -0.39 is 11.8 Å². The molecule has 0 spiro atoms. The lowest BCUT2D eigenvalue weighted by Gasteiger charge is -2.14. The molecule has 0 unspecified atom stereocenters. The summed E-state index contributed by atoms with van der Waals surface area (Å²) < 4.78 is 17.9. The van der Waals surface area contributed by atoms with Gasteiger partial charge in [-0.05, 0) is 41.4 Å². The van der Waals surface area contributed by atoms with Gasteiger partial charge >= 0.3 is 5.97 Å². The van der Waals surface area contributed by atoms with Gasteiger partial charge in [0.2, 0.25) is 0 Å². The molecule has 1 aliphatic rings. The van der Waals surface area contributed by atoms with Crippen molar-refractivity contribution >= 4 is 57.4 Å². The van der Waals surface area contributed by atoms with Gasteiger partial charge in [-0.3, -0.25) is 9.69 Å². The van der Waals surface area contributed by atoms with Crippen LogP contribution in [0.1, 0.15) is 4.88 Å². The fourth-order valence-corrected chi connectivity index (χ4v) is 3.95. The van der Waals surface area contributed by atoms with Gasteiger partial charge in [-0.25, -0.2) is 14.2 Å². The molecule has 0 N–H and O–H groups in total. The number of methoxy groups -OCH3 is 1. The fraction of sp³-hybridized carbons (Fsp3) is 0.118. The van der Waals surface area contributed by atoms with Crippen LogP contribution in [0.25, 0.3) is 0 Å². The van der Waals surface area contributed by atoms with Gasteiger partial charge in [-0.2, -0.15) is 0 Å². The molecule has 0 saturated carbocycles. The van der Waals surface area contributed by atoms with Crippen LogP contribution in [-0.4, -0.2) is 29.1 Å². The predicted molar refractivity (Wildman–Crippen MR) is 101 cm³/mol.